The molecule has 1 aromatic rings. The van der Waals surface area contributed by atoms with Crippen LogP contribution in [0.1, 0.15) is 36.2 Å². The average molecular weight is 274 g/mol. The van der Waals surface area contributed by atoms with E-state index in [2.05, 4.69) is 10.3 Å². The zero-order valence-corrected chi connectivity index (χ0v) is 10.7. The first-order valence-electron chi connectivity index (χ1n) is 5.82. The molecule has 0 atom stereocenters. The molecule has 1 heterocycles. The molecule has 0 aliphatic heterocycles. The number of hydrogen-bond acceptors (Lipinski definition) is 3. The molecule has 0 unspecified atom stereocenters. The van der Waals surface area contributed by atoms with E-state index in [-0.39, 0.29) is 17.4 Å². The Morgan fingerprint density at radius 2 is 2.06 bits per heavy atom. The highest BCUT2D eigenvalue weighted by atomic mass is 35.5. The van der Waals surface area contributed by atoms with Gasteiger partial charge in [-0.25, -0.2) is 4.98 Å². The largest absolute Gasteiger partial charge is 0.358 e. The van der Waals surface area contributed by atoms with Crippen molar-refractivity contribution in [2.24, 2.45) is 0 Å². The van der Waals surface area contributed by atoms with E-state index in [1.54, 1.807) is 0 Å². The number of carbonyl (C=O) groups is 1. The minimum atomic E-state index is -0.567. The van der Waals surface area contributed by atoms with Crippen molar-refractivity contribution < 1.29 is 9.72 Å². The van der Waals surface area contributed by atoms with Gasteiger partial charge in [0.1, 0.15) is 0 Å². The molecule has 6 nitrogen and oxygen atoms in total. The summed E-state index contributed by atoms with van der Waals surface area (Å²) in [5.74, 6) is 0.168. The third-order valence-corrected chi connectivity index (χ3v) is 2.73. The standard InChI is InChI=1S/C11H16ClN3O3/c12-7-3-1-2-4-8-13-11(16)9-5-6-10(14-9)15(17)18/h5-6,14H,1-4,7-8H2,(H,13,16). The van der Waals surface area contributed by atoms with Gasteiger partial charge in [-0.05, 0) is 23.8 Å². The molecule has 0 spiro atoms. The van der Waals surface area contributed by atoms with Crippen LogP contribution in [0.25, 0.3) is 0 Å². The van der Waals surface area contributed by atoms with Crippen LogP contribution in [0.3, 0.4) is 0 Å². The van der Waals surface area contributed by atoms with Gasteiger partial charge in [0.05, 0.1) is 0 Å². The van der Waals surface area contributed by atoms with Crippen molar-refractivity contribution in [3.05, 3.63) is 27.9 Å². The summed E-state index contributed by atoms with van der Waals surface area (Å²) in [6, 6.07) is 2.68. The molecule has 1 rings (SSSR count). The van der Waals surface area contributed by atoms with Crippen molar-refractivity contribution in [1.29, 1.82) is 0 Å². The molecule has 0 bridgehead atoms. The van der Waals surface area contributed by atoms with Crippen molar-refractivity contribution >= 4 is 23.3 Å². The molecule has 0 radical (unpaired) electrons. The predicted molar refractivity (Wildman–Crippen MR) is 69.0 cm³/mol. The highest BCUT2D eigenvalue weighted by Gasteiger charge is 2.14. The number of nitro groups is 1. The van der Waals surface area contributed by atoms with Crippen molar-refractivity contribution in [2.75, 3.05) is 12.4 Å². The summed E-state index contributed by atoms with van der Waals surface area (Å²) in [7, 11) is 0. The van der Waals surface area contributed by atoms with Crippen LogP contribution in [0.5, 0.6) is 0 Å². The Kier molecular flexibility index (Phi) is 6.21. The lowest BCUT2D eigenvalue weighted by Gasteiger charge is -2.01. The van der Waals surface area contributed by atoms with Crippen LogP contribution < -0.4 is 5.32 Å². The number of nitrogens with one attached hydrogen (secondary N) is 2. The number of halogens is 1. The summed E-state index contributed by atoms with van der Waals surface area (Å²) in [5, 5.41) is 13.1. The Morgan fingerprint density at radius 1 is 1.33 bits per heavy atom. The number of carbonyl (C=O) groups excluding carboxylic acids is 1. The number of aromatic amines is 1. The highest BCUT2D eigenvalue weighted by molar-refractivity contribution is 6.17. The van der Waals surface area contributed by atoms with E-state index in [4.69, 9.17) is 11.6 Å². The summed E-state index contributed by atoms with van der Waals surface area (Å²) < 4.78 is 0. The van der Waals surface area contributed by atoms with Gasteiger partial charge in [-0.3, -0.25) is 4.79 Å². The van der Waals surface area contributed by atoms with Crippen LogP contribution in [0, 0.1) is 10.1 Å². The normalized spacial score (nSPS) is 10.3. The van der Waals surface area contributed by atoms with E-state index >= 15 is 0 Å². The molecule has 0 aliphatic rings. The Bertz CT molecular complexity index is 406. The second-order valence-corrected chi connectivity index (χ2v) is 4.25. The third kappa shape index (κ3) is 4.75. The molecule has 0 aliphatic carbocycles. The molecule has 0 fully saturated rings. The molecule has 100 valence electrons. The zero-order valence-electron chi connectivity index (χ0n) is 9.95. The predicted octanol–water partition coefficient (Wildman–Crippen LogP) is 2.45. The lowest BCUT2D eigenvalue weighted by Crippen LogP contribution is -2.24. The first kappa shape index (κ1) is 14.5. The van der Waals surface area contributed by atoms with E-state index in [1.807, 2.05) is 0 Å². The van der Waals surface area contributed by atoms with Gasteiger partial charge < -0.3 is 15.4 Å². The van der Waals surface area contributed by atoms with Gasteiger partial charge in [-0.15, -0.1) is 11.6 Å². The lowest BCUT2D eigenvalue weighted by molar-refractivity contribution is -0.389. The second-order valence-electron chi connectivity index (χ2n) is 3.87. The van der Waals surface area contributed by atoms with Crippen LogP contribution >= 0.6 is 11.6 Å². The summed E-state index contributed by atoms with van der Waals surface area (Å²) >= 11 is 5.54. The summed E-state index contributed by atoms with van der Waals surface area (Å²) in [5.41, 5.74) is 0.211. The van der Waals surface area contributed by atoms with Crippen molar-refractivity contribution in [3.63, 3.8) is 0 Å². The molecule has 2 N–H and O–H groups in total. The van der Waals surface area contributed by atoms with Gasteiger partial charge in [-0.2, -0.15) is 0 Å². The van der Waals surface area contributed by atoms with Gasteiger partial charge in [-0.1, -0.05) is 12.8 Å². The van der Waals surface area contributed by atoms with Crippen molar-refractivity contribution in [3.8, 4) is 0 Å². The fraction of sp³-hybridized carbons (Fsp3) is 0.545. The number of amides is 1. The topological polar surface area (TPSA) is 88.0 Å². The number of nitrogens with zero attached hydrogens (tertiary/aromatic N) is 1. The molecule has 18 heavy (non-hydrogen) atoms. The maximum absolute atomic E-state index is 11.6. The minimum absolute atomic E-state index is 0.178. The quantitative estimate of drug-likeness (QED) is 0.330. The zero-order chi connectivity index (χ0) is 13.4. The monoisotopic (exact) mass is 273 g/mol. The van der Waals surface area contributed by atoms with E-state index in [9.17, 15) is 14.9 Å². The maximum atomic E-state index is 11.6. The molecule has 1 aromatic heterocycles. The number of alkyl halides is 1. The molecular weight excluding hydrogens is 258 g/mol. The number of unbranched alkanes of at least 4 members (excludes halogenated alkanes) is 3. The van der Waals surface area contributed by atoms with Crippen LogP contribution in [0.15, 0.2) is 12.1 Å². The molecule has 1 amide bonds. The van der Waals surface area contributed by atoms with Gasteiger partial charge in [0, 0.05) is 18.5 Å². The van der Waals surface area contributed by atoms with E-state index < -0.39 is 4.92 Å². The van der Waals surface area contributed by atoms with Crippen LogP contribution in [-0.4, -0.2) is 28.2 Å². The summed E-state index contributed by atoms with van der Waals surface area (Å²) in [4.78, 5) is 23.9. The SMILES string of the molecule is O=C(NCCCCCCCl)c1ccc([N+](=O)[O-])[nH]1. The Hall–Kier alpha value is -1.56. The van der Waals surface area contributed by atoms with Gasteiger partial charge >= 0.3 is 5.82 Å². The molecule has 0 saturated carbocycles. The van der Waals surface area contributed by atoms with Crippen LogP contribution in [-0.2, 0) is 0 Å². The van der Waals surface area contributed by atoms with Crippen molar-refractivity contribution in [2.45, 2.75) is 25.7 Å². The van der Waals surface area contributed by atoms with Gasteiger partial charge in [0.2, 0.25) is 0 Å². The highest BCUT2D eigenvalue weighted by Crippen LogP contribution is 2.09. The molecule has 0 aromatic carbocycles. The Balaban J connectivity index is 2.25. The molecular formula is C11H16ClN3O3. The van der Waals surface area contributed by atoms with Gasteiger partial charge in [0.15, 0.2) is 5.69 Å². The maximum Gasteiger partial charge on any atom is 0.321 e. The fourth-order valence-electron chi connectivity index (χ4n) is 1.49. The van der Waals surface area contributed by atoms with Crippen LogP contribution in [0.4, 0.5) is 5.82 Å². The van der Waals surface area contributed by atoms with E-state index in [1.165, 1.54) is 12.1 Å². The van der Waals surface area contributed by atoms with Crippen molar-refractivity contribution in [1.82, 2.24) is 10.3 Å². The molecule has 7 heteroatoms. The minimum Gasteiger partial charge on any atom is -0.358 e. The number of aromatic nitrogens is 1. The molecule has 0 saturated heterocycles. The fourth-order valence-corrected chi connectivity index (χ4v) is 1.68. The van der Waals surface area contributed by atoms with E-state index in [0.29, 0.717) is 12.4 Å². The van der Waals surface area contributed by atoms with E-state index in [0.717, 1.165) is 25.7 Å². The first-order valence-corrected chi connectivity index (χ1v) is 6.36. The number of H-pyrrole nitrogens is 1. The smallest absolute Gasteiger partial charge is 0.321 e. The summed E-state index contributed by atoms with van der Waals surface area (Å²) in [6.45, 7) is 0.563. The summed E-state index contributed by atoms with van der Waals surface area (Å²) in [6.07, 6.45) is 3.93. The van der Waals surface area contributed by atoms with Crippen LogP contribution in [0.2, 0.25) is 0 Å². The number of hydrogen-bond donors (Lipinski definition) is 2. The first-order chi connectivity index (χ1) is 8.65. The third-order valence-electron chi connectivity index (χ3n) is 2.46. The van der Waals surface area contributed by atoms with Gasteiger partial charge in [0.25, 0.3) is 5.91 Å². The Labute approximate surface area is 110 Å². The second kappa shape index (κ2) is 7.71. The average Bonchev–Trinajstić information content (AvgIpc) is 2.83. The Morgan fingerprint density at radius 3 is 2.67 bits per heavy atom. The number of rotatable bonds is 8. The lowest BCUT2D eigenvalue weighted by atomic mass is 10.2.